The van der Waals surface area contributed by atoms with Crippen LogP contribution in [0.1, 0.15) is 63.3 Å². The van der Waals surface area contributed by atoms with Crippen molar-refractivity contribution in [3.05, 3.63) is 74.8 Å². The maximum Gasteiger partial charge on any atom is 0.282 e. The molecule has 0 aromatic heterocycles. The van der Waals surface area contributed by atoms with Gasteiger partial charge in [0.25, 0.3) is 23.4 Å². The topological polar surface area (TPSA) is 121 Å². The SMILES string of the molecule is CC(C)c1ccc(C(=O)N2CCN(C(=O)C(C)N3C(=O)c4cccc([N+](=O)[O-])c4C3=O)CC2)cc1. The van der Waals surface area contributed by atoms with Gasteiger partial charge in [-0.3, -0.25) is 34.2 Å². The van der Waals surface area contributed by atoms with Crippen molar-refractivity contribution in [1.82, 2.24) is 14.7 Å². The molecule has 4 amide bonds. The van der Waals surface area contributed by atoms with Gasteiger partial charge >= 0.3 is 0 Å². The Kier molecular flexibility index (Phi) is 6.38. The standard InChI is InChI=1S/C25H26N4O6/c1-15(2)17-7-9-18(10-8-17)23(31)27-13-11-26(12-14-27)22(30)16(3)28-24(32)19-5-4-6-20(29(34)35)21(19)25(28)33/h4-10,15-16H,11-14H2,1-3H3. The lowest BCUT2D eigenvalue weighted by atomic mass is 10.0. The summed E-state index contributed by atoms with van der Waals surface area (Å²) >= 11 is 0. The van der Waals surface area contributed by atoms with E-state index in [1.54, 1.807) is 17.0 Å². The summed E-state index contributed by atoms with van der Waals surface area (Å²) in [5.74, 6) is -1.78. The molecule has 1 saturated heterocycles. The highest BCUT2D eigenvalue weighted by Crippen LogP contribution is 2.32. The first-order chi connectivity index (χ1) is 16.6. The molecule has 0 saturated carbocycles. The van der Waals surface area contributed by atoms with Gasteiger partial charge in [0, 0.05) is 37.8 Å². The Hall–Kier alpha value is -4.08. The Morgan fingerprint density at radius 3 is 2.06 bits per heavy atom. The van der Waals surface area contributed by atoms with Crippen LogP contribution >= 0.6 is 0 Å². The van der Waals surface area contributed by atoms with Gasteiger partial charge in [-0.1, -0.05) is 32.0 Å². The fourth-order valence-electron chi connectivity index (χ4n) is 4.49. The van der Waals surface area contributed by atoms with Crippen LogP contribution in [0.25, 0.3) is 0 Å². The highest BCUT2D eigenvalue weighted by atomic mass is 16.6. The molecule has 35 heavy (non-hydrogen) atoms. The van der Waals surface area contributed by atoms with E-state index in [1.165, 1.54) is 24.0 Å². The maximum absolute atomic E-state index is 13.1. The van der Waals surface area contributed by atoms with Gasteiger partial charge in [-0.2, -0.15) is 0 Å². The van der Waals surface area contributed by atoms with Crippen LogP contribution in [-0.2, 0) is 4.79 Å². The average Bonchev–Trinajstić information content (AvgIpc) is 3.12. The molecule has 1 atom stereocenters. The predicted octanol–water partition coefficient (Wildman–Crippen LogP) is 2.69. The molecule has 10 nitrogen and oxygen atoms in total. The molecule has 0 radical (unpaired) electrons. The number of hydrogen-bond acceptors (Lipinski definition) is 6. The Morgan fingerprint density at radius 1 is 0.886 bits per heavy atom. The largest absolute Gasteiger partial charge is 0.337 e. The smallest absolute Gasteiger partial charge is 0.282 e. The fraction of sp³-hybridized carbons (Fsp3) is 0.360. The molecule has 0 bridgehead atoms. The lowest BCUT2D eigenvalue weighted by Gasteiger charge is -2.37. The summed E-state index contributed by atoms with van der Waals surface area (Å²) in [5, 5.41) is 11.3. The second-order valence-corrected chi connectivity index (χ2v) is 9.01. The summed E-state index contributed by atoms with van der Waals surface area (Å²) < 4.78 is 0. The van der Waals surface area contributed by atoms with E-state index < -0.39 is 34.4 Å². The van der Waals surface area contributed by atoms with Crippen molar-refractivity contribution >= 4 is 29.3 Å². The van der Waals surface area contributed by atoms with Crippen molar-refractivity contribution in [2.24, 2.45) is 0 Å². The molecule has 10 heteroatoms. The quantitative estimate of drug-likeness (QED) is 0.370. The van der Waals surface area contributed by atoms with E-state index in [-0.39, 0.29) is 30.1 Å². The summed E-state index contributed by atoms with van der Waals surface area (Å²) in [7, 11) is 0. The van der Waals surface area contributed by atoms with E-state index >= 15 is 0 Å². The third kappa shape index (κ3) is 4.27. The first-order valence-electron chi connectivity index (χ1n) is 11.4. The van der Waals surface area contributed by atoms with Crippen molar-refractivity contribution in [2.75, 3.05) is 26.2 Å². The van der Waals surface area contributed by atoms with Crippen molar-refractivity contribution < 1.29 is 24.1 Å². The minimum atomic E-state index is -1.13. The van der Waals surface area contributed by atoms with Crippen LogP contribution < -0.4 is 0 Å². The van der Waals surface area contributed by atoms with E-state index in [0.29, 0.717) is 24.6 Å². The molecule has 1 unspecified atom stereocenters. The van der Waals surface area contributed by atoms with Gasteiger partial charge in [0.15, 0.2) is 0 Å². The molecule has 2 aromatic rings. The van der Waals surface area contributed by atoms with E-state index in [1.807, 2.05) is 12.1 Å². The van der Waals surface area contributed by atoms with Crippen LogP contribution in [0, 0.1) is 10.1 Å². The number of carbonyl (C=O) groups excluding carboxylic acids is 4. The van der Waals surface area contributed by atoms with Crippen molar-refractivity contribution in [3.63, 3.8) is 0 Å². The number of nitrogens with zero attached hydrogens (tertiary/aromatic N) is 4. The number of rotatable bonds is 5. The average molecular weight is 479 g/mol. The molecule has 1 fully saturated rings. The van der Waals surface area contributed by atoms with E-state index in [0.717, 1.165) is 16.5 Å². The van der Waals surface area contributed by atoms with Gasteiger partial charge in [-0.25, -0.2) is 0 Å². The molecular formula is C25H26N4O6. The van der Waals surface area contributed by atoms with Gasteiger partial charge in [0.1, 0.15) is 11.6 Å². The predicted molar refractivity (Wildman–Crippen MR) is 126 cm³/mol. The van der Waals surface area contributed by atoms with E-state index in [4.69, 9.17) is 0 Å². The van der Waals surface area contributed by atoms with Crippen LogP contribution in [-0.4, -0.2) is 75.5 Å². The molecule has 0 aliphatic carbocycles. The number of benzene rings is 2. The Labute approximate surface area is 202 Å². The zero-order chi connectivity index (χ0) is 25.4. The number of piperazine rings is 1. The second-order valence-electron chi connectivity index (χ2n) is 9.01. The van der Waals surface area contributed by atoms with Crippen molar-refractivity contribution in [1.29, 1.82) is 0 Å². The van der Waals surface area contributed by atoms with Gasteiger partial charge in [0.2, 0.25) is 5.91 Å². The van der Waals surface area contributed by atoms with Gasteiger partial charge in [0.05, 0.1) is 10.5 Å². The fourth-order valence-corrected chi connectivity index (χ4v) is 4.49. The van der Waals surface area contributed by atoms with Crippen LogP contribution in [0.3, 0.4) is 0 Å². The normalized spacial score (nSPS) is 16.5. The first-order valence-corrected chi connectivity index (χ1v) is 11.4. The second kappa shape index (κ2) is 9.28. The number of imide groups is 1. The molecule has 2 heterocycles. The Bertz CT molecular complexity index is 1210. The highest BCUT2D eigenvalue weighted by Gasteiger charge is 2.45. The third-order valence-electron chi connectivity index (χ3n) is 6.57. The lowest BCUT2D eigenvalue weighted by molar-refractivity contribution is -0.385. The van der Waals surface area contributed by atoms with Crippen LogP contribution in [0.2, 0.25) is 0 Å². The number of carbonyl (C=O) groups is 4. The molecule has 2 aromatic carbocycles. The van der Waals surface area contributed by atoms with Gasteiger partial charge in [-0.15, -0.1) is 0 Å². The number of nitro benzene ring substituents is 1. The minimum Gasteiger partial charge on any atom is -0.337 e. The zero-order valence-corrected chi connectivity index (χ0v) is 19.8. The summed E-state index contributed by atoms with van der Waals surface area (Å²) in [4.78, 5) is 66.3. The molecule has 0 spiro atoms. The molecule has 2 aliphatic rings. The van der Waals surface area contributed by atoms with Crippen molar-refractivity contribution in [3.8, 4) is 0 Å². The summed E-state index contributed by atoms with van der Waals surface area (Å²) in [5.41, 5.74) is 0.889. The van der Waals surface area contributed by atoms with Crippen LogP contribution in [0.4, 0.5) is 5.69 Å². The van der Waals surface area contributed by atoms with Crippen molar-refractivity contribution in [2.45, 2.75) is 32.7 Å². The summed E-state index contributed by atoms with van der Waals surface area (Å²) in [6.45, 7) is 6.73. The zero-order valence-electron chi connectivity index (χ0n) is 19.8. The molecular weight excluding hydrogens is 452 g/mol. The molecule has 4 rings (SSSR count). The first kappa shape index (κ1) is 24.1. The highest BCUT2D eigenvalue weighted by molar-refractivity contribution is 6.24. The number of fused-ring (bicyclic) bond motifs is 1. The van der Waals surface area contributed by atoms with Crippen LogP contribution in [0.5, 0.6) is 0 Å². The Morgan fingerprint density at radius 2 is 1.49 bits per heavy atom. The number of hydrogen-bond donors (Lipinski definition) is 0. The number of nitro groups is 1. The molecule has 182 valence electrons. The minimum absolute atomic E-state index is 0.0808. The van der Waals surface area contributed by atoms with Crippen LogP contribution in [0.15, 0.2) is 42.5 Å². The number of amides is 4. The Balaban J connectivity index is 1.42. The monoisotopic (exact) mass is 478 g/mol. The maximum atomic E-state index is 13.1. The summed E-state index contributed by atoms with van der Waals surface area (Å²) in [6.07, 6.45) is 0. The lowest BCUT2D eigenvalue weighted by Crippen LogP contribution is -2.56. The van der Waals surface area contributed by atoms with E-state index in [9.17, 15) is 29.3 Å². The van der Waals surface area contributed by atoms with Gasteiger partial charge in [-0.05, 0) is 36.6 Å². The third-order valence-corrected chi connectivity index (χ3v) is 6.57. The molecule has 2 aliphatic heterocycles. The summed E-state index contributed by atoms with van der Waals surface area (Å²) in [6, 6.07) is 10.2. The van der Waals surface area contributed by atoms with Gasteiger partial charge < -0.3 is 9.80 Å². The molecule has 0 N–H and O–H groups in total. The van der Waals surface area contributed by atoms with E-state index in [2.05, 4.69) is 13.8 Å².